The number of rotatable bonds is 2. The average molecular weight is 442 g/mol. The standard InChI is InChI=1S/C17H17N2.Ir/c1-2-4-13(5-3-1)16-10-17(19-11-18-16)15-9-12-6-7-14(15)8-12;/h1-4,10-12,14-15H,6-9H2;/q-1;. The topological polar surface area (TPSA) is 25.8 Å². The Kier molecular flexibility index (Phi) is 4.00. The number of hydrogen-bond acceptors (Lipinski definition) is 2. The van der Waals surface area contributed by atoms with Gasteiger partial charge in [-0.05, 0) is 36.8 Å². The van der Waals surface area contributed by atoms with E-state index < -0.39 is 0 Å². The molecule has 2 aliphatic rings. The molecule has 4 rings (SSSR count). The molecular weight excluding hydrogens is 424 g/mol. The van der Waals surface area contributed by atoms with Gasteiger partial charge in [0.1, 0.15) is 6.33 Å². The molecule has 0 spiro atoms. The normalized spacial score (nSPS) is 27.3. The molecule has 0 saturated heterocycles. The molecule has 2 nitrogen and oxygen atoms in total. The number of aromatic nitrogens is 2. The Morgan fingerprint density at radius 1 is 1.10 bits per heavy atom. The first-order valence-corrected chi connectivity index (χ1v) is 7.19. The van der Waals surface area contributed by atoms with Crippen molar-refractivity contribution in [3.63, 3.8) is 0 Å². The molecule has 20 heavy (non-hydrogen) atoms. The Morgan fingerprint density at radius 2 is 2.05 bits per heavy atom. The van der Waals surface area contributed by atoms with E-state index in [0.717, 1.165) is 23.1 Å². The summed E-state index contributed by atoms with van der Waals surface area (Å²) in [6.07, 6.45) is 7.30. The van der Waals surface area contributed by atoms with Crippen molar-refractivity contribution in [2.75, 3.05) is 0 Å². The van der Waals surface area contributed by atoms with Crippen LogP contribution in [0.5, 0.6) is 0 Å². The van der Waals surface area contributed by atoms with E-state index in [2.05, 4.69) is 28.2 Å². The van der Waals surface area contributed by atoms with Crippen LogP contribution in [0.25, 0.3) is 11.3 Å². The van der Waals surface area contributed by atoms with Gasteiger partial charge < -0.3 is 0 Å². The smallest absolute Gasteiger partial charge is 0.105 e. The molecule has 0 aliphatic heterocycles. The maximum atomic E-state index is 4.54. The van der Waals surface area contributed by atoms with E-state index in [1.807, 2.05) is 18.2 Å². The van der Waals surface area contributed by atoms with Gasteiger partial charge in [0.05, 0.1) is 0 Å². The Hall–Kier alpha value is -1.05. The first kappa shape index (κ1) is 13.9. The Morgan fingerprint density at radius 3 is 2.75 bits per heavy atom. The first-order chi connectivity index (χ1) is 9.40. The summed E-state index contributed by atoms with van der Waals surface area (Å²) in [5.74, 6) is 2.49. The summed E-state index contributed by atoms with van der Waals surface area (Å²) in [4.78, 5) is 8.94. The molecule has 1 radical (unpaired) electrons. The molecule has 2 aliphatic carbocycles. The summed E-state index contributed by atoms with van der Waals surface area (Å²) < 4.78 is 0. The van der Waals surface area contributed by atoms with E-state index in [-0.39, 0.29) is 20.1 Å². The van der Waals surface area contributed by atoms with Gasteiger partial charge in [-0.2, -0.15) is 0 Å². The summed E-state index contributed by atoms with van der Waals surface area (Å²) in [5, 5.41) is 0. The minimum Gasteiger partial charge on any atom is -0.286 e. The summed E-state index contributed by atoms with van der Waals surface area (Å²) in [7, 11) is 0. The van der Waals surface area contributed by atoms with E-state index in [0.29, 0.717) is 5.92 Å². The van der Waals surface area contributed by atoms with Crippen LogP contribution in [0.3, 0.4) is 0 Å². The van der Waals surface area contributed by atoms with Crippen molar-refractivity contribution in [1.29, 1.82) is 0 Å². The average Bonchev–Trinajstić information content (AvgIpc) is 3.11. The Balaban J connectivity index is 0.00000121. The molecule has 1 aromatic carbocycles. The van der Waals surface area contributed by atoms with Crippen LogP contribution in [0.4, 0.5) is 0 Å². The van der Waals surface area contributed by atoms with Crippen molar-refractivity contribution in [3.05, 3.63) is 48.4 Å². The molecule has 3 unspecified atom stereocenters. The molecule has 3 heteroatoms. The second kappa shape index (κ2) is 5.75. The molecule has 3 atom stereocenters. The van der Waals surface area contributed by atoms with Crippen LogP contribution < -0.4 is 0 Å². The summed E-state index contributed by atoms with van der Waals surface area (Å²) in [6.45, 7) is 0. The number of hydrogen-bond donors (Lipinski definition) is 0. The molecule has 2 fully saturated rings. The fraction of sp³-hybridized carbons (Fsp3) is 0.412. The van der Waals surface area contributed by atoms with Crippen molar-refractivity contribution in [1.82, 2.24) is 9.97 Å². The number of benzene rings is 1. The van der Waals surface area contributed by atoms with E-state index >= 15 is 0 Å². The van der Waals surface area contributed by atoms with Gasteiger partial charge in [-0.15, -0.1) is 35.9 Å². The SMILES string of the molecule is [Ir].[c-]1ccccc1-c1cc(C2CC3CCC2C3)ncn1. The predicted molar refractivity (Wildman–Crippen MR) is 74.5 cm³/mol. The monoisotopic (exact) mass is 442 g/mol. The van der Waals surface area contributed by atoms with Crippen molar-refractivity contribution in [2.24, 2.45) is 11.8 Å². The Labute approximate surface area is 133 Å². The van der Waals surface area contributed by atoms with Gasteiger partial charge in [0.25, 0.3) is 0 Å². The van der Waals surface area contributed by atoms with Crippen LogP contribution in [0, 0.1) is 17.9 Å². The molecule has 105 valence electrons. The maximum Gasteiger partial charge on any atom is 0.105 e. The van der Waals surface area contributed by atoms with E-state index in [9.17, 15) is 0 Å². The molecule has 1 heterocycles. The zero-order chi connectivity index (χ0) is 12.7. The van der Waals surface area contributed by atoms with Crippen LogP contribution >= 0.6 is 0 Å². The van der Waals surface area contributed by atoms with Crippen LogP contribution in [-0.4, -0.2) is 9.97 Å². The maximum absolute atomic E-state index is 4.54. The van der Waals surface area contributed by atoms with Crippen LogP contribution in [-0.2, 0) is 20.1 Å². The van der Waals surface area contributed by atoms with E-state index in [1.54, 1.807) is 6.33 Å². The van der Waals surface area contributed by atoms with Gasteiger partial charge in [-0.25, -0.2) is 4.98 Å². The third-order valence-corrected chi connectivity index (χ3v) is 4.79. The quantitative estimate of drug-likeness (QED) is 0.662. The summed E-state index contributed by atoms with van der Waals surface area (Å²) in [5.41, 5.74) is 3.32. The predicted octanol–water partition coefficient (Wildman–Crippen LogP) is 3.84. The van der Waals surface area contributed by atoms with Crippen LogP contribution in [0.2, 0.25) is 0 Å². The summed E-state index contributed by atoms with van der Waals surface area (Å²) >= 11 is 0. The van der Waals surface area contributed by atoms with E-state index in [1.165, 1.54) is 31.4 Å². The molecule has 0 amide bonds. The molecular formula is C17H17IrN2-. The zero-order valence-electron chi connectivity index (χ0n) is 11.3. The minimum atomic E-state index is 0. The zero-order valence-corrected chi connectivity index (χ0v) is 13.6. The summed E-state index contributed by atoms with van der Waals surface area (Å²) in [6, 6.07) is 13.4. The number of nitrogens with zero attached hydrogens (tertiary/aromatic N) is 2. The largest absolute Gasteiger partial charge is 0.286 e. The van der Waals surface area contributed by atoms with Gasteiger partial charge in [0.2, 0.25) is 0 Å². The second-order valence-electron chi connectivity index (χ2n) is 5.89. The number of fused-ring (bicyclic) bond motifs is 2. The fourth-order valence-corrected chi connectivity index (χ4v) is 3.88. The fourth-order valence-electron chi connectivity index (χ4n) is 3.88. The molecule has 2 aromatic rings. The minimum absolute atomic E-state index is 0. The van der Waals surface area contributed by atoms with Crippen LogP contribution in [0.15, 0.2) is 36.7 Å². The van der Waals surface area contributed by atoms with Crippen molar-refractivity contribution in [3.8, 4) is 11.3 Å². The molecule has 2 bridgehead atoms. The first-order valence-electron chi connectivity index (χ1n) is 7.19. The van der Waals surface area contributed by atoms with Gasteiger partial charge in [0.15, 0.2) is 0 Å². The Bertz CT molecular complexity index is 585. The van der Waals surface area contributed by atoms with Gasteiger partial charge in [0, 0.05) is 31.7 Å². The van der Waals surface area contributed by atoms with Gasteiger partial charge >= 0.3 is 0 Å². The molecule has 2 saturated carbocycles. The molecule has 0 N–H and O–H groups in total. The van der Waals surface area contributed by atoms with Crippen molar-refractivity contribution in [2.45, 2.75) is 31.6 Å². The van der Waals surface area contributed by atoms with E-state index in [4.69, 9.17) is 0 Å². The second-order valence-corrected chi connectivity index (χ2v) is 5.89. The third-order valence-electron chi connectivity index (χ3n) is 4.79. The molecule has 1 aromatic heterocycles. The van der Waals surface area contributed by atoms with Crippen LogP contribution in [0.1, 0.15) is 37.3 Å². The van der Waals surface area contributed by atoms with Crippen molar-refractivity contribution < 1.29 is 20.1 Å². The van der Waals surface area contributed by atoms with Crippen molar-refractivity contribution >= 4 is 0 Å². The third kappa shape index (κ3) is 2.45. The van der Waals surface area contributed by atoms with Gasteiger partial charge in [-0.1, -0.05) is 12.5 Å². The van der Waals surface area contributed by atoms with Gasteiger partial charge in [-0.3, -0.25) is 4.98 Å².